The molecule has 1 unspecified atom stereocenters. The maximum absolute atomic E-state index is 11.9. The lowest BCUT2D eigenvalue weighted by atomic mass is 10.1. The van der Waals surface area contributed by atoms with Crippen molar-refractivity contribution in [3.05, 3.63) is 24.3 Å². The second-order valence-corrected chi connectivity index (χ2v) is 6.89. The minimum absolute atomic E-state index is 0.153. The van der Waals surface area contributed by atoms with Gasteiger partial charge in [0, 0.05) is 37.2 Å². The summed E-state index contributed by atoms with van der Waals surface area (Å²) in [6.45, 7) is 5.40. The number of benzene rings is 1. The van der Waals surface area contributed by atoms with Crippen LogP contribution in [0.25, 0.3) is 0 Å². The molecule has 0 aromatic heterocycles. The number of anilines is 1. The molecule has 1 amide bonds. The smallest absolute Gasteiger partial charge is 0.223 e. The van der Waals surface area contributed by atoms with Gasteiger partial charge in [0.15, 0.2) is 5.96 Å². The predicted octanol–water partition coefficient (Wildman–Crippen LogP) is 2.21. The molecule has 130 valence electrons. The monoisotopic (exact) mass is 330 g/mol. The molecule has 2 aliphatic rings. The summed E-state index contributed by atoms with van der Waals surface area (Å²) in [4.78, 5) is 18.3. The van der Waals surface area contributed by atoms with E-state index in [2.05, 4.69) is 10.3 Å². The predicted molar refractivity (Wildman–Crippen MR) is 95.2 cm³/mol. The highest BCUT2D eigenvalue weighted by molar-refractivity contribution is 5.92. The van der Waals surface area contributed by atoms with Crippen molar-refractivity contribution in [2.75, 3.05) is 18.4 Å². The van der Waals surface area contributed by atoms with Crippen molar-refractivity contribution in [1.82, 2.24) is 4.90 Å². The van der Waals surface area contributed by atoms with Gasteiger partial charge < -0.3 is 20.7 Å². The zero-order chi connectivity index (χ0) is 17.1. The Morgan fingerprint density at radius 2 is 2.08 bits per heavy atom. The van der Waals surface area contributed by atoms with Gasteiger partial charge in [0.2, 0.25) is 5.91 Å². The van der Waals surface area contributed by atoms with Crippen LogP contribution >= 0.6 is 0 Å². The SMILES string of the molecule is CC(C)Oc1ccc(NC(N)=NCC2CC(=O)N(C3CC3)C2)cc1. The first kappa shape index (κ1) is 16.6. The number of rotatable bonds is 6. The number of guanidine groups is 1. The van der Waals surface area contributed by atoms with Crippen molar-refractivity contribution in [3.63, 3.8) is 0 Å². The van der Waals surface area contributed by atoms with E-state index >= 15 is 0 Å². The second-order valence-electron chi connectivity index (χ2n) is 6.89. The number of likely N-dealkylation sites (tertiary alicyclic amines) is 1. The number of nitrogens with two attached hydrogens (primary N) is 1. The van der Waals surface area contributed by atoms with Gasteiger partial charge in [0.05, 0.1) is 6.10 Å². The third-order valence-corrected chi connectivity index (χ3v) is 4.24. The van der Waals surface area contributed by atoms with E-state index in [1.54, 1.807) is 0 Å². The van der Waals surface area contributed by atoms with Crippen LogP contribution in [0, 0.1) is 5.92 Å². The van der Waals surface area contributed by atoms with E-state index in [9.17, 15) is 4.79 Å². The highest BCUT2D eigenvalue weighted by Gasteiger charge is 2.39. The van der Waals surface area contributed by atoms with Crippen molar-refractivity contribution in [2.24, 2.45) is 16.6 Å². The van der Waals surface area contributed by atoms with Crippen LogP contribution in [0.1, 0.15) is 33.1 Å². The largest absolute Gasteiger partial charge is 0.491 e. The molecule has 1 saturated heterocycles. The maximum atomic E-state index is 11.9. The molecule has 24 heavy (non-hydrogen) atoms. The summed E-state index contributed by atoms with van der Waals surface area (Å²) in [7, 11) is 0. The molecule has 3 rings (SSSR count). The number of hydrogen-bond donors (Lipinski definition) is 2. The van der Waals surface area contributed by atoms with Crippen LogP contribution in [0.3, 0.4) is 0 Å². The molecule has 3 N–H and O–H groups in total. The third-order valence-electron chi connectivity index (χ3n) is 4.24. The number of ether oxygens (including phenoxy) is 1. The summed E-state index contributed by atoms with van der Waals surface area (Å²) in [6, 6.07) is 8.12. The number of carbonyl (C=O) groups is 1. The van der Waals surface area contributed by atoms with Gasteiger partial charge in [-0.2, -0.15) is 0 Å². The van der Waals surface area contributed by atoms with Crippen molar-refractivity contribution < 1.29 is 9.53 Å². The van der Waals surface area contributed by atoms with E-state index in [-0.39, 0.29) is 17.9 Å². The molecular formula is C18H26N4O2. The number of amides is 1. The Kier molecular flexibility index (Phi) is 4.92. The number of nitrogens with zero attached hydrogens (tertiary/aromatic N) is 2. The van der Waals surface area contributed by atoms with E-state index < -0.39 is 0 Å². The third kappa shape index (κ3) is 4.40. The van der Waals surface area contributed by atoms with E-state index in [1.807, 2.05) is 43.0 Å². The number of aliphatic imine (C=N–C) groups is 1. The average molecular weight is 330 g/mol. The fraction of sp³-hybridized carbons (Fsp3) is 0.556. The molecule has 6 heteroatoms. The van der Waals surface area contributed by atoms with Crippen molar-refractivity contribution >= 4 is 17.6 Å². The van der Waals surface area contributed by atoms with Crippen molar-refractivity contribution in [3.8, 4) is 5.75 Å². The summed E-state index contributed by atoms with van der Waals surface area (Å²) in [5.41, 5.74) is 6.82. The molecule has 0 bridgehead atoms. The number of hydrogen-bond acceptors (Lipinski definition) is 3. The highest BCUT2D eigenvalue weighted by Crippen LogP contribution is 2.32. The molecular weight excluding hydrogens is 304 g/mol. The Bertz CT molecular complexity index is 608. The lowest BCUT2D eigenvalue weighted by Gasteiger charge is -2.14. The minimum Gasteiger partial charge on any atom is -0.491 e. The van der Waals surface area contributed by atoms with Crippen LogP contribution in [0.5, 0.6) is 5.75 Å². The van der Waals surface area contributed by atoms with Gasteiger partial charge in [-0.3, -0.25) is 9.79 Å². The van der Waals surface area contributed by atoms with E-state index in [1.165, 1.54) is 0 Å². The lowest BCUT2D eigenvalue weighted by molar-refractivity contribution is -0.128. The van der Waals surface area contributed by atoms with Crippen LogP contribution in [0.15, 0.2) is 29.3 Å². The Balaban J connectivity index is 1.48. The highest BCUT2D eigenvalue weighted by atomic mass is 16.5. The lowest BCUT2D eigenvalue weighted by Crippen LogP contribution is -2.28. The van der Waals surface area contributed by atoms with Crippen LogP contribution in [0.2, 0.25) is 0 Å². The van der Waals surface area contributed by atoms with Crippen molar-refractivity contribution in [1.29, 1.82) is 0 Å². The molecule has 1 atom stereocenters. The van der Waals surface area contributed by atoms with E-state index in [0.29, 0.717) is 25.0 Å². The summed E-state index contributed by atoms with van der Waals surface area (Å²) >= 11 is 0. The maximum Gasteiger partial charge on any atom is 0.223 e. The normalized spacial score (nSPS) is 21.5. The molecule has 1 heterocycles. The standard InChI is InChI=1S/C18H26N4O2/c1-12(2)24-16-7-3-14(4-8-16)21-18(19)20-10-13-9-17(23)22(11-13)15-5-6-15/h3-4,7-8,12-13,15H,5-6,9-11H2,1-2H3,(H3,19,20,21). The summed E-state index contributed by atoms with van der Waals surface area (Å²) < 4.78 is 5.61. The topological polar surface area (TPSA) is 80.0 Å². The summed E-state index contributed by atoms with van der Waals surface area (Å²) in [5.74, 6) is 1.76. The Labute approximate surface area is 143 Å². The van der Waals surface area contributed by atoms with Gasteiger partial charge in [-0.25, -0.2) is 0 Å². The van der Waals surface area contributed by atoms with Crippen LogP contribution in [-0.2, 0) is 4.79 Å². The molecule has 1 aliphatic heterocycles. The summed E-state index contributed by atoms with van der Waals surface area (Å²) in [5, 5.41) is 3.08. The molecule has 1 saturated carbocycles. The first-order valence-corrected chi connectivity index (χ1v) is 8.64. The van der Waals surface area contributed by atoms with Crippen LogP contribution < -0.4 is 15.8 Å². The van der Waals surface area contributed by atoms with Crippen LogP contribution in [-0.4, -0.2) is 42.0 Å². The number of carbonyl (C=O) groups excluding carboxylic acids is 1. The fourth-order valence-corrected chi connectivity index (χ4v) is 2.97. The molecule has 0 spiro atoms. The van der Waals surface area contributed by atoms with Crippen LogP contribution in [0.4, 0.5) is 5.69 Å². The van der Waals surface area contributed by atoms with Gasteiger partial charge in [0.25, 0.3) is 0 Å². The minimum atomic E-state index is 0.153. The average Bonchev–Trinajstić information content (AvgIpc) is 3.30. The van der Waals surface area contributed by atoms with E-state index in [0.717, 1.165) is 30.8 Å². The first-order valence-electron chi connectivity index (χ1n) is 8.64. The zero-order valence-corrected chi connectivity index (χ0v) is 14.4. The van der Waals surface area contributed by atoms with Gasteiger partial charge in [-0.05, 0) is 51.0 Å². The Morgan fingerprint density at radius 1 is 1.38 bits per heavy atom. The molecule has 6 nitrogen and oxygen atoms in total. The Hall–Kier alpha value is -2.24. The zero-order valence-electron chi connectivity index (χ0n) is 14.4. The Morgan fingerprint density at radius 3 is 2.71 bits per heavy atom. The molecule has 1 aromatic rings. The van der Waals surface area contributed by atoms with E-state index in [4.69, 9.17) is 10.5 Å². The van der Waals surface area contributed by atoms with Gasteiger partial charge >= 0.3 is 0 Å². The summed E-state index contributed by atoms with van der Waals surface area (Å²) in [6.07, 6.45) is 3.05. The molecule has 2 fully saturated rings. The van der Waals surface area contributed by atoms with Gasteiger partial charge in [-0.15, -0.1) is 0 Å². The molecule has 0 radical (unpaired) electrons. The first-order chi connectivity index (χ1) is 11.5. The number of nitrogens with one attached hydrogen (secondary N) is 1. The van der Waals surface area contributed by atoms with Gasteiger partial charge in [-0.1, -0.05) is 0 Å². The molecule has 1 aromatic carbocycles. The fourth-order valence-electron chi connectivity index (χ4n) is 2.97. The second kappa shape index (κ2) is 7.11. The van der Waals surface area contributed by atoms with Gasteiger partial charge in [0.1, 0.15) is 5.75 Å². The van der Waals surface area contributed by atoms with Crippen molar-refractivity contribution in [2.45, 2.75) is 45.3 Å². The quantitative estimate of drug-likeness (QED) is 0.619. The molecule has 1 aliphatic carbocycles.